The third-order valence-electron chi connectivity index (χ3n) is 2.55. The lowest BCUT2D eigenvalue weighted by Crippen LogP contribution is -1.99. The highest BCUT2D eigenvalue weighted by molar-refractivity contribution is 6.31. The van der Waals surface area contributed by atoms with Crippen molar-refractivity contribution in [2.75, 3.05) is 0 Å². The molecule has 1 N–H and O–H groups in total. The highest BCUT2D eigenvalue weighted by atomic mass is 35.5. The molecule has 0 radical (unpaired) electrons. The zero-order valence-electron chi connectivity index (χ0n) is 9.65. The Kier molecular flexibility index (Phi) is 3.53. The minimum atomic E-state index is -3.02. The summed E-state index contributed by atoms with van der Waals surface area (Å²) >= 11 is 5.90. The van der Waals surface area contributed by atoms with Crippen LogP contribution in [-0.4, -0.2) is 16.1 Å². The Hall–Kier alpha value is -1.95. The minimum absolute atomic E-state index is 0.187. The van der Waals surface area contributed by atoms with E-state index < -0.39 is 23.8 Å². The van der Waals surface area contributed by atoms with Crippen LogP contribution >= 0.6 is 11.6 Å². The second-order valence-electron chi connectivity index (χ2n) is 3.75. The first-order chi connectivity index (χ1) is 8.91. The molecule has 4 nitrogen and oxygen atoms in total. The highest BCUT2D eigenvalue weighted by Gasteiger charge is 2.27. The molecule has 19 heavy (non-hydrogen) atoms. The molecule has 0 aliphatic heterocycles. The van der Waals surface area contributed by atoms with Crippen LogP contribution in [0.5, 0.6) is 0 Å². The van der Waals surface area contributed by atoms with E-state index in [-0.39, 0.29) is 5.89 Å². The average molecular weight is 288 g/mol. The van der Waals surface area contributed by atoms with E-state index in [1.165, 1.54) is 0 Å². The standard InChI is InChI=1S/C12H8ClF2NO3/c1-5-6(3-2-4-7(5)13)11-16-8(10(14)15)9(19-11)12(17)18/h2-4,10H,1H3,(H,17,18). The summed E-state index contributed by atoms with van der Waals surface area (Å²) < 4.78 is 30.3. The number of alkyl halides is 2. The average Bonchev–Trinajstić information content (AvgIpc) is 2.77. The summed E-state index contributed by atoms with van der Waals surface area (Å²) in [6, 6.07) is 4.78. The lowest BCUT2D eigenvalue weighted by Gasteiger charge is -2.02. The Morgan fingerprint density at radius 2 is 2.16 bits per heavy atom. The van der Waals surface area contributed by atoms with Crippen molar-refractivity contribution in [2.45, 2.75) is 13.3 Å². The van der Waals surface area contributed by atoms with E-state index in [0.29, 0.717) is 16.1 Å². The predicted octanol–water partition coefficient (Wildman–Crippen LogP) is 3.94. The van der Waals surface area contributed by atoms with Gasteiger partial charge in [0.15, 0.2) is 5.69 Å². The highest BCUT2D eigenvalue weighted by Crippen LogP contribution is 2.32. The molecule has 0 unspecified atom stereocenters. The number of oxazole rings is 1. The number of carboxylic acid groups (broad SMARTS) is 1. The van der Waals surface area contributed by atoms with Crippen molar-refractivity contribution >= 4 is 17.6 Å². The zero-order chi connectivity index (χ0) is 14.2. The van der Waals surface area contributed by atoms with Gasteiger partial charge in [0.2, 0.25) is 11.7 Å². The van der Waals surface area contributed by atoms with Crippen LogP contribution in [0.3, 0.4) is 0 Å². The molecular formula is C12H8ClF2NO3. The molecule has 1 aromatic carbocycles. The molecule has 0 bridgehead atoms. The molecule has 1 heterocycles. The molecule has 0 saturated carbocycles. The molecule has 0 amide bonds. The van der Waals surface area contributed by atoms with Crippen LogP contribution in [-0.2, 0) is 0 Å². The van der Waals surface area contributed by atoms with Crippen LogP contribution in [0.4, 0.5) is 8.78 Å². The topological polar surface area (TPSA) is 63.3 Å². The third-order valence-corrected chi connectivity index (χ3v) is 2.96. The van der Waals surface area contributed by atoms with Crippen LogP contribution in [0.15, 0.2) is 22.6 Å². The van der Waals surface area contributed by atoms with Crippen LogP contribution in [0.25, 0.3) is 11.5 Å². The number of nitrogens with zero attached hydrogens (tertiary/aromatic N) is 1. The number of hydrogen-bond donors (Lipinski definition) is 1. The maximum absolute atomic E-state index is 12.7. The van der Waals surface area contributed by atoms with Gasteiger partial charge in [-0.25, -0.2) is 18.6 Å². The van der Waals surface area contributed by atoms with Gasteiger partial charge < -0.3 is 9.52 Å². The predicted molar refractivity (Wildman–Crippen MR) is 63.6 cm³/mol. The second kappa shape index (κ2) is 4.97. The van der Waals surface area contributed by atoms with E-state index >= 15 is 0 Å². The summed E-state index contributed by atoms with van der Waals surface area (Å²) in [4.78, 5) is 14.4. The van der Waals surface area contributed by atoms with E-state index in [4.69, 9.17) is 21.1 Å². The number of aromatic nitrogens is 1. The molecule has 0 atom stereocenters. The number of aromatic carboxylic acids is 1. The van der Waals surface area contributed by atoms with Gasteiger partial charge in [-0.1, -0.05) is 17.7 Å². The minimum Gasteiger partial charge on any atom is -0.475 e. The van der Waals surface area contributed by atoms with Crippen molar-refractivity contribution in [3.05, 3.63) is 40.2 Å². The van der Waals surface area contributed by atoms with Gasteiger partial charge in [-0.2, -0.15) is 0 Å². The van der Waals surface area contributed by atoms with Crippen molar-refractivity contribution in [3.8, 4) is 11.5 Å². The molecule has 7 heteroatoms. The lowest BCUT2D eigenvalue weighted by molar-refractivity contribution is 0.0647. The Labute approximate surface area is 111 Å². The van der Waals surface area contributed by atoms with Crippen molar-refractivity contribution in [1.82, 2.24) is 4.98 Å². The molecule has 0 aliphatic carbocycles. The van der Waals surface area contributed by atoms with Gasteiger partial charge in [0.25, 0.3) is 6.43 Å². The van der Waals surface area contributed by atoms with Crippen molar-refractivity contribution in [1.29, 1.82) is 0 Å². The Balaban J connectivity index is 2.61. The van der Waals surface area contributed by atoms with Crippen LogP contribution in [0.2, 0.25) is 5.02 Å². The number of benzene rings is 1. The van der Waals surface area contributed by atoms with Gasteiger partial charge in [0.05, 0.1) is 0 Å². The molecule has 0 aliphatic rings. The summed E-state index contributed by atoms with van der Waals surface area (Å²) in [6.07, 6.45) is -3.02. The van der Waals surface area contributed by atoms with Crippen molar-refractivity contribution in [2.24, 2.45) is 0 Å². The maximum atomic E-state index is 12.7. The molecule has 1 aromatic heterocycles. The van der Waals surface area contributed by atoms with Gasteiger partial charge in [-0.3, -0.25) is 0 Å². The van der Waals surface area contributed by atoms with Crippen LogP contribution in [0, 0.1) is 6.92 Å². The summed E-state index contributed by atoms with van der Waals surface area (Å²) in [5.74, 6) is -2.63. The van der Waals surface area contributed by atoms with Gasteiger partial charge in [-0.05, 0) is 24.6 Å². The summed E-state index contributed by atoms with van der Waals surface area (Å²) in [6.45, 7) is 1.66. The van der Waals surface area contributed by atoms with E-state index in [2.05, 4.69) is 4.98 Å². The summed E-state index contributed by atoms with van der Waals surface area (Å²) in [7, 11) is 0. The molecule has 0 fully saturated rings. The monoisotopic (exact) mass is 287 g/mol. The van der Waals surface area contributed by atoms with Gasteiger partial charge in [0.1, 0.15) is 0 Å². The van der Waals surface area contributed by atoms with Gasteiger partial charge >= 0.3 is 5.97 Å². The van der Waals surface area contributed by atoms with E-state index in [0.717, 1.165) is 0 Å². The Morgan fingerprint density at radius 1 is 1.47 bits per heavy atom. The molecule has 2 rings (SSSR count). The summed E-state index contributed by atoms with van der Waals surface area (Å²) in [5, 5.41) is 9.21. The lowest BCUT2D eigenvalue weighted by atomic mass is 10.1. The number of halogens is 3. The van der Waals surface area contributed by atoms with Gasteiger partial charge in [0, 0.05) is 10.6 Å². The fourth-order valence-corrected chi connectivity index (χ4v) is 1.76. The number of carboxylic acids is 1. The first-order valence-corrected chi connectivity index (χ1v) is 5.57. The zero-order valence-corrected chi connectivity index (χ0v) is 10.4. The molecule has 0 spiro atoms. The van der Waals surface area contributed by atoms with Crippen molar-refractivity contribution < 1.29 is 23.1 Å². The Bertz CT molecular complexity index is 640. The molecular weight excluding hydrogens is 280 g/mol. The SMILES string of the molecule is Cc1c(Cl)cccc1-c1nc(C(F)F)c(C(=O)O)o1. The van der Waals surface area contributed by atoms with Crippen molar-refractivity contribution in [3.63, 3.8) is 0 Å². The fourth-order valence-electron chi connectivity index (χ4n) is 1.59. The third kappa shape index (κ3) is 2.44. The fraction of sp³-hybridized carbons (Fsp3) is 0.167. The number of hydrogen-bond acceptors (Lipinski definition) is 3. The van der Waals surface area contributed by atoms with E-state index in [9.17, 15) is 13.6 Å². The van der Waals surface area contributed by atoms with Crippen LogP contribution in [0.1, 0.15) is 28.2 Å². The number of carbonyl (C=O) groups is 1. The summed E-state index contributed by atoms with van der Waals surface area (Å²) in [5.41, 5.74) is 0.0620. The first-order valence-electron chi connectivity index (χ1n) is 5.19. The Morgan fingerprint density at radius 3 is 2.68 bits per heavy atom. The largest absolute Gasteiger partial charge is 0.475 e. The molecule has 0 saturated heterocycles. The maximum Gasteiger partial charge on any atom is 0.374 e. The molecule has 2 aromatic rings. The first kappa shape index (κ1) is 13.5. The smallest absolute Gasteiger partial charge is 0.374 e. The quantitative estimate of drug-likeness (QED) is 0.928. The molecule has 100 valence electrons. The van der Waals surface area contributed by atoms with E-state index in [1.807, 2.05) is 0 Å². The second-order valence-corrected chi connectivity index (χ2v) is 4.16. The van der Waals surface area contributed by atoms with Gasteiger partial charge in [-0.15, -0.1) is 0 Å². The van der Waals surface area contributed by atoms with E-state index in [1.54, 1.807) is 25.1 Å². The van der Waals surface area contributed by atoms with Crippen LogP contribution < -0.4 is 0 Å². The number of rotatable bonds is 3. The normalized spacial score (nSPS) is 11.0.